The number of hydrogen-bond donors (Lipinski definition) is 0. The van der Waals surface area contributed by atoms with Gasteiger partial charge in [-0.1, -0.05) is 127 Å². The van der Waals surface area contributed by atoms with E-state index in [-0.39, 0.29) is 0 Å². The van der Waals surface area contributed by atoms with Gasteiger partial charge in [0.25, 0.3) is 0 Å². The zero-order valence-corrected chi connectivity index (χ0v) is 33.9. The normalized spacial score (nSPS) is 11.9. The number of fused-ring (bicyclic) bond motifs is 4. The SMILES string of the molecule is [2H]c1cc(N(c2ccc(-c3ccc(-c4nc5ccccc5o4)cc3)cc2)c2ccc(-c3ccc(-c4nc5ccccc5o4)cc3)cc2)cc2c([2H])cc(-c3ccc4ccccc4c3)cc12. The lowest BCUT2D eigenvalue weighted by atomic mass is 9.98. The zero-order chi connectivity index (χ0) is 43.4. The van der Waals surface area contributed by atoms with Gasteiger partial charge >= 0.3 is 0 Å². The third-order valence-corrected chi connectivity index (χ3v) is 11.8. The topological polar surface area (TPSA) is 55.3 Å². The summed E-state index contributed by atoms with van der Waals surface area (Å²) in [7, 11) is 0. The summed E-state index contributed by atoms with van der Waals surface area (Å²) in [5, 5.41) is 3.75. The first-order valence-corrected chi connectivity index (χ1v) is 20.9. The fourth-order valence-corrected chi connectivity index (χ4v) is 8.41. The Kier molecular flexibility index (Phi) is 8.24. The number of aromatic nitrogens is 2. The molecule has 0 aliphatic carbocycles. The Hall–Kier alpha value is -8.54. The summed E-state index contributed by atoms with van der Waals surface area (Å²) in [6, 6.07) is 72.3. The van der Waals surface area contributed by atoms with Gasteiger partial charge in [-0.05, 0) is 152 Å². The van der Waals surface area contributed by atoms with Crippen molar-refractivity contribution < 1.29 is 11.6 Å². The molecule has 0 amide bonds. The molecule has 12 aromatic rings. The highest BCUT2D eigenvalue weighted by Crippen LogP contribution is 2.39. The van der Waals surface area contributed by atoms with E-state index in [1.165, 1.54) is 5.39 Å². The van der Waals surface area contributed by atoms with Gasteiger partial charge in [0.05, 0.1) is 2.74 Å². The Morgan fingerprint density at radius 2 is 0.730 bits per heavy atom. The van der Waals surface area contributed by atoms with Gasteiger partial charge < -0.3 is 13.7 Å². The van der Waals surface area contributed by atoms with E-state index >= 15 is 0 Å². The van der Waals surface area contributed by atoms with E-state index in [1.54, 1.807) is 0 Å². The summed E-state index contributed by atoms with van der Waals surface area (Å²) in [5.74, 6) is 1.19. The van der Waals surface area contributed by atoms with Crippen molar-refractivity contribution in [3.63, 3.8) is 0 Å². The van der Waals surface area contributed by atoms with Crippen molar-refractivity contribution >= 4 is 60.8 Å². The molecule has 0 radical (unpaired) electrons. The van der Waals surface area contributed by atoms with Gasteiger partial charge in [0.1, 0.15) is 11.0 Å². The van der Waals surface area contributed by atoms with Crippen LogP contribution in [0.3, 0.4) is 0 Å². The average molecular weight is 810 g/mol. The maximum Gasteiger partial charge on any atom is 0.227 e. The number of benzene rings is 10. The molecule has 12 rings (SSSR count). The molecule has 0 atom stereocenters. The van der Waals surface area contributed by atoms with E-state index in [0.29, 0.717) is 29.3 Å². The van der Waals surface area contributed by atoms with Crippen LogP contribution in [0, 0.1) is 0 Å². The molecule has 0 spiro atoms. The molecule has 63 heavy (non-hydrogen) atoms. The summed E-state index contributed by atoms with van der Waals surface area (Å²) in [6.07, 6.45) is 0. The van der Waals surface area contributed by atoms with Gasteiger partial charge in [-0.25, -0.2) is 9.97 Å². The standard InChI is InChI=1S/C58H37N3O2/c1-2-8-45-35-46(22-17-38(45)7-1)47-23-24-49-37-52(34-29-48(49)36-47)61(50-30-25-41(26-31-50)39-13-18-43(19-14-39)57-59-53-9-3-5-11-55(53)62-57)51-32-27-42(28-33-51)40-15-20-44(21-16-40)58-60-54-10-4-6-12-56(54)63-58/h1-37H/i24D,29D. The highest BCUT2D eigenvalue weighted by atomic mass is 16.4. The van der Waals surface area contributed by atoms with Crippen LogP contribution < -0.4 is 4.90 Å². The van der Waals surface area contributed by atoms with Gasteiger partial charge in [-0.15, -0.1) is 0 Å². The second kappa shape index (κ2) is 15.2. The van der Waals surface area contributed by atoms with Crippen molar-refractivity contribution in [1.82, 2.24) is 9.97 Å². The van der Waals surface area contributed by atoms with Crippen molar-refractivity contribution in [2.45, 2.75) is 0 Å². The predicted octanol–water partition coefficient (Wildman–Crippen LogP) is 16.1. The lowest BCUT2D eigenvalue weighted by Crippen LogP contribution is -2.09. The molecular weight excluding hydrogens is 771 g/mol. The fourth-order valence-electron chi connectivity index (χ4n) is 8.41. The van der Waals surface area contributed by atoms with Crippen molar-refractivity contribution in [2.75, 3.05) is 4.90 Å². The van der Waals surface area contributed by atoms with Gasteiger partial charge in [-0.2, -0.15) is 0 Å². The van der Waals surface area contributed by atoms with Gasteiger partial charge in [-0.3, -0.25) is 0 Å². The number of para-hydroxylation sites is 4. The number of nitrogens with zero attached hydrogens (tertiary/aromatic N) is 3. The van der Waals surface area contributed by atoms with Crippen LogP contribution in [0.4, 0.5) is 17.1 Å². The molecule has 0 fully saturated rings. The lowest BCUT2D eigenvalue weighted by molar-refractivity contribution is 0.619. The smallest absolute Gasteiger partial charge is 0.227 e. The molecule has 0 aliphatic heterocycles. The zero-order valence-electron chi connectivity index (χ0n) is 35.9. The molecule has 5 heteroatoms. The van der Waals surface area contributed by atoms with Crippen molar-refractivity contribution in [3.8, 4) is 56.3 Å². The molecular formula is C58H37N3O2. The Balaban J connectivity index is 0.896. The Labute approximate surface area is 366 Å². The van der Waals surface area contributed by atoms with Crippen LogP contribution in [0.15, 0.2) is 233 Å². The quantitative estimate of drug-likeness (QED) is 0.153. The molecule has 0 unspecified atom stereocenters. The first-order chi connectivity index (χ1) is 32.0. The highest BCUT2D eigenvalue weighted by Gasteiger charge is 2.16. The van der Waals surface area contributed by atoms with E-state index in [4.69, 9.17) is 8.83 Å². The summed E-state index contributed by atoms with van der Waals surface area (Å²) in [5.41, 5.74) is 13.8. The van der Waals surface area contributed by atoms with Crippen LogP contribution in [-0.4, -0.2) is 9.97 Å². The fraction of sp³-hybridized carbons (Fsp3) is 0. The second-order valence-electron chi connectivity index (χ2n) is 15.7. The molecule has 0 saturated carbocycles. The number of hydrogen-bond acceptors (Lipinski definition) is 5. The van der Waals surface area contributed by atoms with Crippen LogP contribution in [0.25, 0.3) is 100 Å². The van der Waals surface area contributed by atoms with Crippen LogP contribution in [-0.2, 0) is 0 Å². The monoisotopic (exact) mass is 809 g/mol. The minimum atomic E-state index is 0.352. The van der Waals surface area contributed by atoms with E-state index in [1.807, 2.05) is 109 Å². The first-order valence-electron chi connectivity index (χ1n) is 21.9. The molecule has 0 saturated heterocycles. The molecule has 2 heterocycles. The summed E-state index contributed by atoms with van der Waals surface area (Å²) in [4.78, 5) is 11.5. The minimum absolute atomic E-state index is 0.352. The van der Waals surface area contributed by atoms with E-state index in [2.05, 4.69) is 118 Å². The average Bonchev–Trinajstić information content (AvgIpc) is 4.00. The van der Waals surface area contributed by atoms with E-state index in [9.17, 15) is 2.74 Å². The van der Waals surface area contributed by atoms with Crippen LogP contribution >= 0.6 is 0 Å². The first kappa shape index (κ1) is 34.2. The van der Waals surface area contributed by atoms with E-state index in [0.717, 1.165) is 94.5 Å². The molecule has 10 aromatic carbocycles. The molecule has 296 valence electrons. The van der Waals surface area contributed by atoms with E-state index < -0.39 is 0 Å². The minimum Gasteiger partial charge on any atom is -0.436 e. The van der Waals surface area contributed by atoms with Crippen LogP contribution in [0.1, 0.15) is 2.74 Å². The van der Waals surface area contributed by atoms with Crippen LogP contribution in [0.2, 0.25) is 0 Å². The molecule has 0 bridgehead atoms. The number of oxazole rings is 2. The predicted molar refractivity (Wildman–Crippen MR) is 258 cm³/mol. The molecule has 2 aromatic heterocycles. The van der Waals surface area contributed by atoms with Gasteiger partial charge in [0.2, 0.25) is 11.8 Å². The van der Waals surface area contributed by atoms with Gasteiger partial charge in [0.15, 0.2) is 11.2 Å². The Bertz CT molecular complexity index is 3500. The Morgan fingerprint density at radius 3 is 1.29 bits per heavy atom. The highest BCUT2D eigenvalue weighted by molar-refractivity contribution is 5.94. The molecule has 5 nitrogen and oxygen atoms in total. The van der Waals surface area contributed by atoms with Gasteiger partial charge in [0, 0.05) is 28.2 Å². The summed E-state index contributed by atoms with van der Waals surface area (Å²) in [6.45, 7) is 0. The van der Waals surface area contributed by atoms with Crippen molar-refractivity contribution in [1.29, 1.82) is 0 Å². The summed E-state index contributed by atoms with van der Waals surface area (Å²) >= 11 is 0. The van der Waals surface area contributed by atoms with Crippen LogP contribution in [0.5, 0.6) is 0 Å². The number of anilines is 3. The third kappa shape index (κ3) is 6.88. The largest absolute Gasteiger partial charge is 0.436 e. The van der Waals surface area contributed by atoms with Crippen molar-refractivity contribution in [2.24, 2.45) is 0 Å². The number of rotatable bonds is 8. The molecule has 0 N–H and O–H groups in total. The maximum absolute atomic E-state index is 9.39. The second-order valence-corrected chi connectivity index (χ2v) is 15.7. The lowest BCUT2D eigenvalue weighted by Gasteiger charge is -2.26. The van der Waals surface area contributed by atoms with Crippen molar-refractivity contribution in [3.05, 3.63) is 224 Å². The summed E-state index contributed by atoms with van der Waals surface area (Å²) < 4.78 is 30.7. The Morgan fingerprint density at radius 1 is 0.317 bits per heavy atom. The maximum atomic E-state index is 9.39. The third-order valence-electron chi connectivity index (χ3n) is 11.8. The molecule has 0 aliphatic rings.